The molecular weight excluding hydrogens is 967 g/mol. The number of aliphatic hydroxyl groups is 1. The number of carbonyl (C=O) groups is 5. The lowest BCUT2D eigenvalue weighted by Gasteiger charge is -2.35. The van der Waals surface area contributed by atoms with Crippen LogP contribution in [0.15, 0.2) is 78.7 Å². The van der Waals surface area contributed by atoms with Crippen molar-refractivity contribution >= 4 is 73.4 Å². The van der Waals surface area contributed by atoms with Gasteiger partial charge in [0.05, 0.1) is 62.2 Å². The number of nitrogens with one attached hydrogen (secondary N) is 4. The monoisotopic (exact) mass is 1030 g/mol. The average Bonchev–Trinajstić information content (AvgIpc) is 4.11. The predicted molar refractivity (Wildman–Crippen MR) is 282 cm³/mol. The highest BCUT2D eigenvalue weighted by molar-refractivity contribution is 7.22. The number of nitrogens with zero attached hydrogens (tertiary/aromatic N) is 5. The number of benzene rings is 2. The minimum atomic E-state index is -1.03. The molecule has 1 saturated heterocycles. The zero-order valence-corrected chi connectivity index (χ0v) is 43.5. The summed E-state index contributed by atoms with van der Waals surface area (Å²) in [5.74, 6) is -1.17. The van der Waals surface area contributed by atoms with Gasteiger partial charge in [-0.1, -0.05) is 68.9 Å². The van der Waals surface area contributed by atoms with E-state index in [9.17, 15) is 29.1 Å². The third-order valence-electron chi connectivity index (χ3n) is 13.1. The molecule has 8 rings (SSSR count). The van der Waals surface area contributed by atoms with Gasteiger partial charge in [-0.15, -0.1) is 11.3 Å². The number of β-amino-alcohol motifs (C(OH)–C–C–N with tert-alkyl or cyclic N) is 1. The predicted octanol–water partition coefficient (Wildman–Crippen LogP) is 9.38. The second-order valence-corrected chi connectivity index (χ2v) is 21.7. The summed E-state index contributed by atoms with van der Waals surface area (Å²) in [7, 11) is 0. The molecule has 73 heavy (non-hydrogen) atoms. The Morgan fingerprint density at radius 3 is 2.40 bits per heavy atom. The first-order valence-corrected chi connectivity index (χ1v) is 26.6. The molecule has 4 aromatic heterocycles. The Labute approximate surface area is 432 Å². The molecule has 17 nitrogen and oxygen atoms in total. The molecule has 1 saturated carbocycles. The van der Waals surface area contributed by atoms with E-state index in [4.69, 9.17) is 9.47 Å². The van der Waals surface area contributed by atoms with Crippen molar-refractivity contribution in [2.45, 2.75) is 130 Å². The molecule has 2 aliphatic rings. The van der Waals surface area contributed by atoms with Crippen molar-refractivity contribution in [2.75, 3.05) is 23.8 Å². The quantitative estimate of drug-likeness (QED) is 0.0508. The first-order valence-electron chi connectivity index (χ1n) is 24.9. The van der Waals surface area contributed by atoms with Gasteiger partial charge in [-0.3, -0.25) is 34.5 Å². The number of pyridine rings is 2. The highest BCUT2D eigenvalue weighted by Gasteiger charge is 2.44. The maximum Gasteiger partial charge on any atom is 0.411 e. The largest absolute Gasteiger partial charge is 0.492 e. The highest BCUT2D eigenvalue weighted by atomic mass is 32.1. The number of hydrogen-bond donors (Lipinski definition) is 5. The highest BCUT2D eigenvalue weighted by Crippen LogP contribution is 2.33. The van der Waals surface area contributed by atoms with E-state index in [1.165, 1.54) is 35.1 Å². The Hall–Kier alpha value is -6.83. The number of anilines is 2. The Morgan fingerprint density at radius 1 is 0.863 bits per heavy atom. The number of unbranched alkanes of at least 4 members (excludes halogenated alkanes) is 2. The van der Waals surface area contributed by atoms with E-state index in [0.717, 1.165) is 68.7 Å². The van der Waals surface area contributed by atoms with E-state index in [1.807, 2.05) is 88.7 Å². The molecule has 2 aromatic carbocycles. The van der Waals surface area contributed by atoms with Crippen LogP contribution in [-0.4, -0.2) is 97.1 Å². The maximum atomic E-state index is 14.2. The number of thiazole rings is 2. The van der Waals surface area contributed by atoms with Crippen molar-refractivity contribution in [1.82, 2.24) is 35.5 Å². The molecule has 384 valence electrons. The Morgan fingerprint density at radius 2 is 1.64 bits per heavy atom. The van der Waals surface area contributed by atoms with E-state index in [2.05, 4.69) is 41.2 Å². The minimum Gasteiger partial charge on any atom is -0.492 e. The standard InChI is InChI=1S/C54H63N9O8S2/c1-32-43(60-53(69)71-40-12-8-6-9-13-40)23-37(28-56-32)36-19-20-42-45(24-36)73-52(59-42)61-46(65)14-10-7-11-21-70-41-22-38(27-55-29-41)49(66)62-48(54(3,4)5)51(68)63-30-39(64)25-44(63)50(67)57-26-34-15-17-35(18-16-34)47-33(2)58-31-72-47/h15-20,22-24,27-29,31,39-40,44,48,64H,6-14,21,25-26,30H2,1-5H3,(H,57,67)(H,60,69)(H,62,66)(H,59,61,65)/t39-,44+,48-/m1/s1. The van der Waals surface area contributed by atoms with Crippen LogP contribution in [-0.2, 0) is 25.7 Å². The lowest BCUT2D eigenvalue weighted by Crippen LogP contribution is -2.57. The molecule has 0 bridgehead atoms. The van der Waals surface area contributed by atoms with Gasteiger partial charge in [-0.05, 0) is 105 Å². The number of carbonyl (C=O) groups excluding carboxylic acids is 5. The van der Waals surface area contributed by atoms with Crippen molar-refractivity contribution in [3.05, 3.63) is 101 Å². The molecule has 1 aliphatic carbocycles. The first-order chi connectivity index (χ1) is 35.1. The van der Waals surface area contributed by atoms with Crippen molar-refractivity contribution in [2.24, 2.45) is 5.41 Å². The number of amides is 5. The summed E-state index contributed by atoms with van der Waals surface area (Å²) in [6.07, 6.45) is 10.7. The van der Waals surface area contributed by atoms with Crippen LogP contribution in [0.3, 0.4) is 0 Å². The number of ether oxygens (including phenoxy) is 2. The summed E-state index contributed by atoms with van der Waals surface area (Å²) in [6, 6.07) is 15.2. The fraction of sp³-hybridized carbons (Fsp3) is 0.426. The molecule has 1 aliphatic heterocycles. The Balaban J connectivity index is 0.772. The number of hydrogen-bond acceptors (Lipinski definition) is 14. The van der Waals surface area contributed by atoms with Crippen molar-refractivity contribution in [1.29, 1.82) is 0 Å². The summed E-state index contributed by atoms with van der Waals surface area (Å²) in [5.41, 5.74) is 7.88. The Bertz CT molecular complexity index is 2930. The molecule has 0 unspecified atom stereocenters. The topological polar surface area (TPSA) is 227 Å². The van der Waals surface area contributed by atoms with Crippen LogP contribution in [0.4, 0.5) is 15.6 Å². The van der Waals surface area contributed by atoms with E-state index in [1.54, 1.807) is 23.6 Å². The maximum absolute atomic E-state index is 14.2. The Kier molecular flexibility index (Phi) is 17.1. The lowest BCUT2D eigenvalue weighted by molar-refractivity contribution is -0.142. The fourth-order valence-corrected chi connectivity index (χ4v) is 10.7. The molecule has 5 amide bonds. The average molecular weight is 1030 g/mol. The molecule has 3 atom stereocenters. The van der Waals surface area contributed by atoms with Crippen LogP contribution in [0.25, 0.3) is 31.8 Å². The van der Waals surface area contributed by atoms with Gasteiger partial charge in [0.15, 0.2) is 5.13 Å². The van der Waals surface area contributed by atoms with Crippen LogP contribution < -0.4 is 26.0 Å². The fourth-order valence-electron chi connectivity index (χ4n) is 9.00. The number of rotatable bonds is 18. The van der Waals surface area contributed by atoms with Gasteiger partial charge < -0.3 is 35.4 Å². The second kappa shape index (κ2) is 23.8. The van der Waals surface area contributed by atoms with Crippen LogP contribution >= 0.6 is 22.7 Å². The van der Waals surface area contributed by atoms with Crippen LogP contribution in [0.5, 0.6) is 5.75 Å². The number of aryl methyl sites for hydroxylation is 2. The number of fused-ring (bicyclic) bond motifs is 1. The summed E-state index contributed by atoms with van der Waals surface area (Å²) in [5, 5.41) is 22.8. The number of aromatic nitrogens is 4. The number of likely N-dealkylation sites (tertiary alicyclic amines) is 1. The van der Waals surface area contributed by atoms with E-state index in [-0.39, 0.29) is 43.0 Å². The van der Waals surface area contributed by atoms with Crippen LogP contribution in [0.1, 0.15) is 112 Å². The first kappa shape index (κ1) is 52.5. The smallest absolute Gasteiger partial charge is 0.411 e. The van der Waals surface area contributed by atoms with Crippen molar-refractivity contribution in [3.8, 4) is 27.3 Å². The van der Waals surface area contributed by atoms with Gasteiger partial charge in [-0.2, -0.15) is 0 Å². The third-order valence-corrected chi connectivity index (χ3v) is 15.0. The summed E-state index contributed by atoms with van der Waals surface area (Å²) >= 11 is 2.95. The molecule has 0 radical (unpaired) electrons. The van der Waals surface area contributed by atoms with E-state index >= 15 is 0 Å². The van der Waals surface area contributed by atoms with Crippen LogP contribution in [0.2, 0.25) is 0 Å². The molecule has 0 spiro atoms. The zero-order valence-electron chi connectivity index (χ0n) is 41.9. The summed E-state index contributed by atoms with van der Waals surface area (Å²) in [6.45, 7) is 9.80. The molecule has 6 aromatic rings. The molecule has 5 N–H and O–H groups in total. The van der Waals surface area contributed by atoms with Crippen molar-refractivity contribution in [3.63, 3.8) is 0 Å². The van der Waals surface area contributed by atoms with Gasteiger partial charge in [0, 0.05) is 43.9 Å². The van der Waals surface area contributed by atoms with Gasteiger partial charge in [-0.25, -0.2) is 14.8 Å². The second-order valence-electron chi connectivity index (χ2n) is 19.8. The summed E-state index contributed by atoms with van der Waals surface area (Å²) in [4.78, 5) is 87.1. The van der Waals surface area contributed by atoms with Crippen LogP contribution in [0, 0.1) is 19.3 Å². The van der Waals surface area contributed by atoms with Gasteiger partial charge in [0.1, 0.15) is 23.9 Å². The van der Waals surface area contributed by atoms with Gasteiger partial charge >= 0.3 is 6.09 Å². The van der Waals surface area contributed by atoms with E-state index in [0.29, 0.717) is 54.6 Å². The normalized spacial score (nSPS) is 16.4. The molecular formula is C54H63N9O8S2. The third kappa shape index (κ3) is 13.8. The molecule has 2 fully saturated rings. The van der Waals surface area contributed by atoms with E-state index < -0.39 is 41.5 Å². The van der Waals surface area contributed by atoms with Gasteiger partial charge in [0.25, 0.3) is 5.91 Å². The van der Waals surface area contributed by atoms with Crippen molar-refractivity contribution < 1.29 is 38.6 Å². The SMILES string of the molecule is Cc1ncc(-c2ccc3nc(NC(=O)CCCCCOc4cncc(C(=O)N[C@H](C(=O)N5C[C@H](O)C[C@H]5C(=O)NCc5ccc(-c6scnc6C)cc5)C(C)(C)C)c4)sc3c2)cc1NC(=O)OC1CCCCC1. The summed E-state index contributed by atoms with van der Waals surface area (Å²) < 4.78 is 12.5. The molecule has 19 heteroatoms. The minimum absolute atomic E-state index is 0.0428. The zero-order chi connectivity index (χ0) is 51.6. The lowest BCUT2D eigenvalue weighted by atomic mass is 9.85. The van der Waals surface area contributed by atoms with Gasteiger partial charge in [0.2, 0.25) is 17.7 Å². The molecule has 5 heterocycles. The number of aliphatic hydroxyl groups excluding tert-OH is 1.